The van der Waals surface area contributed by atoms with E-state index in [0.717, 1.165) is 16.5 Å². The SMILES string of the molecule is CC[C@H](C)c1ccc(OCC(=O)N/N=C/c2cc(Br)cc(C)c2O)cc1. The van der Waals surface area contributed by atoms with Crippen molar-refractivity contribution >= 4 is 28.1 Å². The molecular formula is C20H23BrN2O3. The van der Waals surface area contributed by atoms with Gasteiger partial charge in [-0.1, -0.05) is 41.9 Å². The van der Waals surface area contributed by atoms with Crippen LogP contribution in [0, 0.1) is 6.92 Å². The van der Waals surface area contributed by atoms with Crippen LogP contribution in [-0.4, -0.2) is 23.8 Å². The summed E-state index contributed by atoms with van der Waals surface area (Å²) in [6.45, 7) is 5.97. The predicted molar refractivity (Wildman–Crippen MR) is 107 cm³/mol. The number of hydrazone groups is 1. The molecule has 26 heavy (non-hydrogen) atoms. The molecule has 138 valence electrons. The van der Waals surface area contributed by atoms with Crippen molar-refractivity contribution in [2.45, 2.75) is 33.1 Å². The number of carbonyl (C=O) groups is 1. The number of amides is 1. The Morgan fingerprint density at radius 1 is 1.35 bits per heavy atom. The maximum absolute atomic E-state index is 11.8. The number of nitrogens with zero attached hydrogens (tertiary/aromatic N) is 1. The van der Waals surface area contributed by atoms with E-state index in [0.29, 0.717) is 17.2 Å². The van der Waals surface area contributed by atoms with Crippen molar-refractivity contribution in [3.63, 3.8) is 0 Å². The second kappa shape index (κ2) is 9.38. The van der Waals surface area contributed by atoms with Gasteiger partial charge in [-0.2, -0.15) is 5.10 Å². The van der Waals surface area contributed by atoms with Gasteiger partial charge >= 0.3 is 0 Å². The monoisotopic (exact) mass is 418 g/mol. The molecule has 5 nitrogen and oxygen atoms in total. The van der Waals surface area contributed by atoms with E-state index in [9.17, 15) is 9.90 Å². The van der Waals surface area contributed by atoms with Gasteiger partial charge in [0.25, 0.3) is 5.91 Å². The molecule has 0 heterocycles. The van der Waals surface area contributed by atoms with E-state index >= 15 is 0 Å². The summed E-state index contributed by atoms with van der Waals surface area (Å²) in [7, 11) is 0. The summed E-state index contributed by atoms with van der Waals surface area (Å²) in [6.07, 6.45) is 2.47. The molecule has 0 saturated heterocycles. The Labute approximate surface area is 162 Å². The number of hydrogen-bond acceptors (Lipinski definition) is 4. The molecule has 0 bridgehead atoms. The molecule has 0 aliphatic carbocycles. The molecule has 2 aromatic carbocycles. The number of aromatic hydroxyl groups is 1. The van der Waals surface area contributed by atoms with Gasteiger partial charge in [0, 0.05) is 10.0 Å². The van der Waals surface area contributed by atoms with E-state index in [1.807, 2.05) is 24.3 Å². The Balaban J connectivity index is 1.86. The van der Waals surface area contributed by atoms with Crippen molar-refractivity contribution < 1.29 is 14.6 Å². The molecule has 0 saturated carbocycles. The Kier molecular flexibility index (Phi) is 7.21. The number of ether oxygens (including phenoxy) is 1. The summed E-state index contributed by atoms with van der Waals surface area (Å²) in [4.78, 5) is 11.8. The molecule has 0 aliphatic heterocycles. The summed E-state index contributed by atoms with van der Waals surface area (Å²) < 4.78 is 6.28. The first kappa shape index (κ1) is 20.0. The molecule has 0 fully saturated rings. The first-order valence-electron chi connectivity index (χ1n) is 8.44. The van der Waals surface area contributed by atoms with Crippen LogP contribution in [0.15, 0.2) is 46.0 Å². The fourth-order valence-corrected chi connectivity index (χ4v) is 2.93. The van der Waals surface area contributed by atoms with Crippen LogP contribution in [-0.2, 0) is 4.79 Å². The number of nitrogens with one attached hydrogen (secondary N) is 1. The Morgan fingerprint density at radius 2 is 2.04 bits per heavy atom. The maximum atomic E-state index is 11.8. The molecule has 2 aromatic rings. The molecule has 0 aliphatic rings. The molecule has 0 unspecified atom stereocenters. The number of rotatable bonds is 7. The lowest BCUT2D eigenvalue weighted by atomic mass is 9.99. The molecule has 2 N–H and O–H groups in total. The highest BCUT2D eigenvalue weighted by Gasteiger charge is 2.06. The minimum Gasteiger partial charge on any atom is -0.507 e. The van der Waals surface area contributed by atoms with E-state index in [1.165, 1.54) is 11.8 Å². The highest BCUT2D eigenvalue weighted by molar-refractivity contribution is 9.10. The fraction of sp³-hybridized carbons (Fsp3) is 0.300. The zero-order valence-corrected chi connectivity index (χ0v) is 16.7. The first-order chi connectivity index (χ1) is 12.4. The molecule has 2 rings (SSSR count). The van der Waals surface area contributed by atoms with Gasteiger partial charge < -0.3 is 9.84 Å². The van der Waals surface area contributed by atoms with Crippen molar-refractivity contribution in [3.8, 4) is 11.5 Å². The van der Waals surface area contributed by atoms with Crippen molar-refractivity contribution in [1.29, 1.82) is 0 Å². The third-order valence-electron chi connectivity index (χ3n) is 4.12. The van der Waals surface area contributed by atoms with E-state index in [2.05, 4.69) is 40.3 Å². The van der Waals surface area contributed by atoms with Crippen LogP contribution in [0.4, 0.5) is 0 Å². The smallest absolute Gasteiger partial charge is 0.277 e. The number of phenols is 1. The van der Waals surface area contributed by atoms with Gasteiger partial charge in [-0.15, -0.1) is 0 Å². The van der Waals surface area contributed by atoms with E-state index in [4.69, 9.17) is 4.74 Å². The van der Waals surface area contributed by atoms with E-state index in [1.54, 1.807) is 19.1 Å². The summed E-state index contributed by atoms with van der Waals surface area (Å²) >= 11 is 3.36. The van der Waals surface area contributed by atoms with Crippen LogP contribution in [0.25, 0.3) is 0 Å². The minimum absolute atomic E-state index is 0.129. The van der Waals surface area contributed by atoms with Crippen LogP contribution in [0.3, 0.4) is 0 Å². The number of benzene rings is 2. The zero-order chi connectivity index (χ0) is 19.1. The van der Waals surface area contributed by atoms with Gasteiger partial charge in [0.15, 0.2) is 6.61 Å². The van der Waals surface area contributed by atoms with Gasteiger partial charge in [-0.05, 0) is 54.7 Å². The average molecular weight is 419 g/mol. The number of phenolic OH excluding ortho intramolecular Hbond substituents is 1. The van der Waals surface area contributed by atoms with E-state index in [-0.39, 0.29) is 18.3 Å². The molecule has 6 heteroatoms. The van der Waals surface area contributed by atoms with Crippen molar-refractivity contribution in [2.24, 2.45) is 5.10 Å². The largest absolute Gasteiger partial charge is 0.507 e. The van der Waals surface area contributed by atoms with Crippen molar-refractivity contribution in [1.82, 2.24) is 5.43 Å². The first-order valence-corrected chi connectivity index (χ1v) is 9.23. The highest BCUT2D eigenvalue weighted by atomic mass is 79.9. The molecule has 1 amide bonds. The molecule has 0 aromatic heterocycles. The summed E-state index contributed by atoms with van der Waals surface area (Å²) in [5.74, 6) is 0.888. The van der Waals surface area contributed by atoms with Crippen molar-refractivity contribution in [3.05, 3.63) is 57.6 Å². The number of aryl methyl sites for hydroxylation is 1. The normalized spacial score (nSPS) is 12.2. The van der Waals surface area contributed by atoms with Gasteiger partial charge in [0.05, 0.1) is 6.21 Å². The lowest BCUT2D eigenvalue weighted by Gasteiger charge is -2.10. The van der Waals surface area contributed by atoms with Crippen molar-refractivity contribution in [2.75, 3.05) is 6.61 Å². The Morgan fingerprint density at radius 3 is 2.69 bits per heavy atom. The highest BCUT2D eigenvalue weighted by Crippen LogP contribution is 2.25. The van der Waals surface area contributed by atoms with Crippen LogP contribution in [0.5, 0.6) is 11.5 Å². The number of carbonyl (C=O) groups excluding carboxylic acids is 1. The Bertz CT molecular complexity index is 788. The van der Waals surface area contributed by atoms with Crippen LogP contribution < -0.4 is 10.2 Å². The summed E-state index contributed by atoms with van der Waals surface area (Å²) in [6, 6.07) is 11.3. The quantitative estimate of drug-likeness (QED) is 0.513. The van der Waals surface area contributed by atoms with E-state index < -0.39 is 0 Å². The fourth-order valence-electron chi connectivity index (χ4n) is 2.34. The molecular weight excluding hydrogens is 396 g/mol. The molecule has 0 spiro atoms. The van der Waals surface area contributed by atoms with Gasteiger partial charge in [0.1, 0.15) is 11.5 Å². The average Bonchev–Trinajstić information content (AvgIpc) is 2.63. The molecule has 1 atom stereocenters. The van der Waals surface area contributed by atoms with Gasteiger partial charge in [-0.3, -0.25) is 4.79 Å². The Hall–Kier alpha value is -2.34. The predicted octanol–water partition coefficient (Wildman–Crippen LogP) is 4.51. The second-order valence-corrected chi connectivity index (χ2v) is 7.04. The second-order valence-electron chi connectivity index (χ2n) is 6.12. The zero-order valence-electron chi connectivity index (χ0n) is 15.1. The van der Waals surface area contributed by atoms with Crippen LogP contribution >= 0.6 is 15.9 Å². The third kappa shape index (κ3) is 5.59. The lowest BCUT2D eigenvalue weighted by Crippen LogP contribution is -2.24. The summed E-state index contributed by atoms with van der Waals surface area (Å²) in [5.41, 5.74) is 4.87. The minimum atomic E-state index is -0.376. The number of hydrogen-bond donors (Lipinski definition) is 2. The topological polar surface area (TPSA) is 70.9 Å². The maximum Gasteiger partial charge on any atom is 0.277 e. The van der Waals surface area contributed by atoms with Gasteiger partial charge in [-0.25, -0.2) is 5.43 Å². The summed E-state index contributed by atoms with van der Waals surface area (Å²) in [5, 5.41) is 13.8. The molecule has 0 radical (unpaired) electrons. The standard InChI is InChI=1S/C20H23BrN2O3/c1-4-13(2)15-5-7-18(8-6-15)26-12-19(24)23-22-11-16-10-17(21)9-14(3)20(16)25/h5-11,13,25H,4,12H2,1-3H3,(H,23,24)/b22-11+/t13-/m0/s1. The third-order valence-corrected chi connectivity index (χ3v) is 4.58. The van der Waals surface area contributed by atoms with Crippen LogP contribution in [0.2, 0.25) is 0 Å². The lowest BCUT2D eigenvalue weighted by molar-refractivity contribution is -0.123. The number of halogens is 1. The van der Waals surface area contributed by atoms with Crippen LogP contribution in [0.1, 0.15) is 42.9 Å². The van der Waals surface area contributed by atoms with Gasteiger partial charge in [0.2, 0.25) is 0 Å².